The van der Waals surface area contributed by atoms with E-state index in [4.69, 9.17) is 0 Å². The minimum atomic E-state index is -0.108. The Bertz CT molecular complexity index is 276. The molecule has 0 saturated carbocycles. The summed E-state index contributed by atoms with van der Waals surface area (Å²) in [5.41, 5.74) is 2.28. The third kappa shape index (κ3) is 1.67. The summed E-state index contributed by atoms with van der Waals surface area (Å²) >= 11 is 0. The Balaban J connectivity index is 2.06. The summed E-state index contributed by atoms with van der Waals surface area (Å²) in [6, 6.07) is 0. The number of H-pyrrole nitrogens is 1. The van der Waals surface area contributed by atoms with Crippen LogP contribution in [0.5, 0.6) is 0 Å². The van der Waals surface area contributed by atoms with Gasteiger partial charge in [0.05, 0.1) is 23.7 Å². The summed E-state index contributed by atoms with van der Waals surface area (Å²) in [5.74, 6) is 0. The van der Waals surface area contributed by atoms with E-state index in [1.165, 1.54) is 5.69 Å². The molecule has 4 nitrogen and oxygen atoms in total. The van der Waals surface area contributed by atoms with E-state index in [9.17, 15) is 5.11 Å². The summed E-state index contributed by atoms with van der Waals surface area (Å²) < 4.78 is 0. The van der Waals surface area contributed by atoms with Gasteiger partial charge in [-0.05, 0) is 19.8 Å². The fourth-order valence-corrected chi connectivity index (χ4v) is 1.77. The molecule has 0 atom stereocenters. The van der Waals surface area contributed by atoms with Crippen molar-refractivity contribution in [3.8, 4) is 0 Å². The van der Waals surface area contributed by atoms with Gasteiger partial charge < -0.3 is 10.0 Å². The fourth-order valence-electron chi connectivity index (χ4n) is 1.77. The van der Waals surface area contributed by atoms with E-state index in [1.807, 2.05) is 13.1 Å². The first kappa shape index (κ1) is 8.56. The predicted octanol–water partition coefficient (Wildman–Crippen LogP) is 0.679. The first-order chi connectivity index (χ1) is 6.27. The molecular weight excluding hydrogens is 166 g/mol. The lowest BCUT2D eigenvalue weighted by atomic mass is 10.1. The molecule has 72 valence electrons. The SMILES string of the molecule is Cc1[nH]ncc1N1CCC(O)CC1. The van der Waals surface area contributed by atoms with Crippen LogP contribution in [0.2, 0.25) is 0 Å². The smallest absolute Gasteiger partial charge is 0.0779 e. The second-order valence-electron chi connectivity index (χ2n) is 3.60. The van der Waals surface area contributed by atoms with Crippen molar-refractivity contribution < 1.29 is 5.11 Å². The third-order valence-electron chi connectivity index (χ3n) is 2.61. The second-order valence-corrected chi connectivity index (χ2v) is 3.60. The van der Waals surface area contributed by atoms with Gasteiger partial charge >= 0.3 is 0 Å². The fraction of sp³-hybridized carbons (Fsp3) is 0.667. The Labute approximate surface area is 77.6 Å². The molecule has 0 spiro atoms. The van der Waals surface area contributed by atoms with Gasteiger partial charge in [0, 0.05) is 13.1 Å². The molecule has 0 aromatic carbocycles. The average molecular weight is 181 g/mol. The van der Waals surface area contributed by atoms with Crippen LogP contribution in [0.1, 0.15) is 18.5 Å². The highest BCUT2D eigenvalue weighted by Crippen LogP contribution is 2.21. The van der Waals surface area contributed by atoms with Gasteiger partial charge in [-0.15, -0.1) is 0 Å². The van der Waals surface area contributed by atoms with Crippen molar-refractivity contribution in [1.29, 1.82) is 0 Å². The van der Waals surface area contributed by atoms with Crippen molar-refractivity contribution in [3.63, 3.8) is 0 Å². The monoisotopic (exact) mass is 181 g/mol. The molecule has 13 heavy (non-hydrogen) atoms. The molecule has 1 aromatic rings. The van der Waals surface area contributed by atoms with Gasteiger partial charge in [-0.2, -0.15) is 5.10 Å². The van der Waals surface area contributed by atoms with E-state index in [2.05, 4.69) is 15.1 Å². The second kappa shape index (κ2) is 3.38. The minimum Gasteiger partial charge on any atom is -0.393 e. The van der Waals surface area contributed by atoms with E-state index < -0.39 is 0 Å². The quantitative estimate of drug-likeness (QED) is 0.670. The van der Waals surface area contributed by atoms with Gasteiger partial charge in [0.25, 0.3) is 0 Å². The van der Waals surface area contributed by atoms with E-state index >= 15 is 0 Å². The van der Waals surface area contributed by atoms with Crippen LogP contribution >= 0.6 is 0 Å². The Hall–Kier alpha value is -1.03. The van der Waals surface area contributed by atoms with Crippen LogP contribution in [0.3, 0.4) is 0 Å². The number of anilines is 1. The third-order valence-corrected chi connectivity index (χ3v) is 2.61. The first-order valence-electron chi connectivity index (χ1n) is 4.70. The van der Waals surface area contributed by atoms with Crippen LogP contribution in [-0.2, 0) is 0 Å². The number of aromatic amines is 1. The highest BCUT2D eigenvalue weighted by Gasteiger charge is 2.18. The molecular formula is C9H15N3O. The Morgan fingerprint density at radius 2 is 2.23 bits per heavy atom. The zero-order valence-electron chi connectivity index (χ0n) is 7.82. The highest BCUT2D eigenvalue weighted by atomic mass is 16.3. The van der Waals surface area contributed by atoms with Crippen LogP contribution in [0.15, 0.2) is 6.20 Å². The van der Waals surface area contributed by atoms with Gasteiger partial charge in [-0.3, -0.25) is 5.10 Å². The van der Waals surface area contributed by atoms with Crippen molar-refractivity contribution in [2.45, 2.75) is 25.9 Å². The lowest BCUT2D eigenvalue weighted by molar-refractivity contribution is 0.145. The van der Waals surface area contributed by atoms with Crippen LogP contribution in [0, 0.1) is 6.92 Å². The topological polar surface area (TPSA) is 52.2 Å². The zero-order valence-corrected chi connectivity index (χ0v) is 7.82. The largest absolute Gasteiger partial charge is 0.393 e. The maximum absolute atomic E-state index is 9.34. The standard InChI is InChI=1S/C9H15N3O/c1-7-9(6-10-11-7)12-4-2-8(13)3-5-12/h6,8,13H,2-5H2,1H3,(H,10,11). The molecule has 1 saturated heterocycles. The lowest BCUT2D eigenvalue weighted by Crippen LogP contribution is -2.35. The number of hydrogen-bond donors (Lipinski definition) is 2. The summed E-state index contributed by atoms with van der Waals surface area (Å²) in [7, 11) is 0. The van der Waals surface area contributed by atoms with Gasteiger partial charge in [0.15, 0.2) is 0 Å². The number of aryl methyl sites for hydroxylation is 1. The number of piperidine rings is 1. The van der Waals surface area contributed by atoms with Crippen molar-refractivity contribution >= 4 is 5.69 Å². The van der Waals surface area contributed by atoms with Crippen molar-refractivity contribution in [3.05, 3.63) is 11.9 Å². The molecule has 1 aliphatic rings. The number of aromatic nitrogens is 2. The van der Waals surface area contributed by atoms with E-state index in [0.29, 0.717) is 0 Å². The zero-order chi connectivity index (χ0) is 9.26. The van der Waals surface area contributed by atoms with Crippen molar-refractivity contribution in [1.82, 2.24) is 10.2 Å². The lowest BCUT2D eigenvalue weighted by Gasteiger charge is -2.30. The Morgan fingerprint density at radius 1 is 1.54 bits per heavy atom. The van der Waals surface area contributed by atoms with E-state index in [1.54, 1.807) is 0 Å². The van der Waals surface area contributed by atoms with Crippen LogP contribution in [-0.4, -0.2) is 34.5 Å². The molecule has 2 N–H and O–H groups in total. The number of rotatable bonds is 1. The molecule has 1 aliphatic heterocycles. The highest BCUT2D eigenvalue weighted by molar-refractivity contribution is 5.48. The molecule has 0 bridgehead atoms. The number of hydrogen-bond acceptors (Lipinski definition) is 3. The predicted molar refractivity (Wildman–Crippen MR) is 50.8 cm³/mol. The molecule has 0 unspecified atom stereocenters. The average Bonchev–Trinajstić information content (AvgIpc) is 2.53. The molecule has 1 fully saturated rings. The molecule has 0 aliphatic carbocycles. The van der Waals surface area contributed by atoms with E-state index in [-0.39, 0.29) is 6.10 Å². The van der Waals surface area contributed by atoms with Gasteiger partial charge in [-0.1, -0.05) is 0 Å². The maximum atomic E-state index is 9.34. The molecule has 2 rings (SSSR count). The Morgan fingerprint density at radius 3 is 2.77 bits per heavy atom. The van der Waals surface area contributed by atoms with Crippen LogP contribution < -0.4 is 4.90 Å². The molecule has 0 amide bonds. The Kier molecular flexibility index (Phi) is 2.22. The van der Waals surface area contributed by atoms with Crippen molar-refractivity contribution in [2.75, 3.05) is 18.0 Å². The van der Waals surface area contributed by atoms with Crippen LogP contribution in [0.25, 0.3) is 0 Å². The summed E-state index contributed by atoms with van der Waals surface area (Å²) in [6.07, 6.45) is 3.48. The van der Waals surface area contributed by atoms with Gasteiger partial charge in [0.2, 0.25) is 0 Å². The van der Waals surface area contributed by atoms with E-state index in [0.717, 1.165) is 31.6 Å². The normalized spacial score (nSPS) is 19.4. The summed E-state index contributed by atoms with van der Waals surface area (Å²) in [4.78, 5) is 2.27. The maximum Gasteiger partial charge on any atom is 0.0779 e. The number of nitrogens with one attached hydrogen (secondary N) is 1. The van der Waals surface area contributed by atoms with Gasteiger partial charge in [0.1, 0.15) is 0 Å². The molecule has 1 aromatic heterocycles. The minimum absolute atomic E-state index is 0.108. The molecule has 4 heteroatoms. The summed E-state index contributed by atoms with van der Waals surface area (Å²) in [6.45, 7) is 3.89. The van der Waals surface area contributed by atoms with Crippen molar-refractivity contribution in [2.24, 2.45) is 0 Å². The number of nitrogens with zero attached hydrogens (tertiary/aromatic N) is 2. The molecule has 0 radical (unpaired) electrons. The summed E-state index contributed by atoms with van der Waals surface area (Å²) in [5, 5.41) is 16.3. The molecule has 2 heterocycles. The first-order valence-corrected chi connectivity index (χ1v) is 4.70. The van der Waals surface area contributed by atoms with Crippen LogP contribution in [0.4, 0.5) is 5.69 Å². The number of aliphatic hydroxyl groups excluding tert-OH is 1. The number of aliphatic hydroxyl groups is 1. The van der Waals surface area contributed by atoms with Gasteiger partial charge in [-0.25, -0.2) is 0 Å².